The second kappa shape index (κ2) is 6.12. The number of rotatable bonds is 3. The molecule has 0 radical (unpaired) electrons. The van der Waals surface area contributed by atoms with Gasteiger partial charge in [-0.05, 0) is 28.9 Å². The molecule has 0 aliphatic heterocycles. The third kappa shape index (κ3) is 6.02. The normalized spacial score (nSPS) is 14.1. The van der Waals surface area contributed by atoms with Crippen LogP contribution in [0.4, 0.5) is 4.39 Å². The van der Waals surface area contributed by atoms with Gasteiger partial charge in [-0.3, -0.25) is 4.18 Å². The SMILES string of the molecule is O=S([O-])(=S)OCc1ccc(F)cc1.[Na+]. The van der Waals surface area contributed by atoms with Crippen molar-refractivity contribution in [1.29, 1.82) is 0 Å². The van der Waals surface area contributed by atoms with Crippen LogP contribution in [-0.4, -0.2) is 8.76 Å². The molecule has 14 heavy (non-hydrogen) atoms. The average molecular weight is 244 g/mol. The fourth-order valence-electron chi connectivity index (χ4n) is 0.721. The quantitative estimate of drug-likeness (QED) is 0.585. The van der Waals surface area contributed by atoms with Crippen LogP contribution in [0.3, 0.4) is 0 Å². The molecule has 1 aromatic carbocycles. The van der Waals surface area contributed by atoms with Crippen LogP contribution in [0.1, 0.15) is 5.56 Å². The van der Waals surface area contributed by atoms with E-state index in [0.29, 0.717) is 5.56 Å². The number of halogens is 1. The van der Waals surface area contributed by atoms with Crippen LogP contribution in [0.2, 0.25) is 0 Å². The van der Waals surface area contributed by atoms with Gasteiger partial charge in [0.25, 0.3) is 0 Å². The van der Waals surface area contributed by atoms with E-state index in [2.05, 4.69) is 15.4 Å². The molecular weight excluding hydrogens is 238 g/mol. The van der Waals surface area contributed by atoms with E-state index in [0.717, 1.165) is 0 Å². The minimum Gasteiger partial charge on any atom is -0.748 e. The monoisotopic (exact) mass is 244 g/mol. The van der Waals surface area contributed by atoms with Gasteiger partial charge in [-0.1, -0.05) is 12.1 Å². The Morgan fingerprint density at radius 1 is 1.43 bits per heavy atom. The molecule has 72 valence electrons. The van der Waals surface area contributed by atoms with Crippen molar-refractivity contribution >= 4 is 20.2 Å². The van der Waals surface area contributed by atoms with E-state index in [9.17, 15) is 13.2 Å². The van der Waals surface area contributed by atoms with Crippen molar-refractivity contribution in [2.75, 3.05) is 0 Å². The second-order valence-electron chi connectivity index (χ2n) is 2.30. The summed E-state index contributed by atoms with van der Waals surface area (Å²) in [6.07, 6.45) is 0. The van der Waals surface area contributed by atoms with Gasteiger partial charge in [0.1, 0.15) is 5.82 Å². The Morgan fingerprint density at radius 2 is 1.93 bits per heavy atom. The molecule has 0 amide bonds. The molecule has 7 heteroatoms. The van der Waals surface area contributed by atoms with E-state index < -0.39 is 9.05 Å². The second-order valence-corrected chi connectivity index (χ2v) is 4.57. The summed E-state index contributed by atoms with van der Waals surface area (Å²) in [5.74, 6) is -0.384. The summed E-state index contributed by atoms with van der Waals surface area (Å²) in [6, 6.07) is 5.29. The van der Waals surface area contributed by atoms with Gasteiger partial charge in [0.05, 0.1) is 15.7 Å². The molecule has 1 unspecified atom stereocenters. The predicted molar refractivity (Wildman–Crippen MR) is 47.5 cm³/mol. The Hall–Kier alpha value is 0.440. The molecule has 1 rings (SSSR count). The largest absolute Gasteiger partial charge is 1.00 e. The molecule has 0 aliphatic carbocycles. The van der Waals surface area contributed by atoms with Crippen LogP contribution in [-0.2, 0) is 31.0 Å². The predicted octanol–water partition coefficient (Wildman–Crippen LogP) is -1.86. The van der Waals surface area contributed by atoms with E-state index in [-0.39, 0.29) is 42.0 Å². The average Bonchev–Trinajstić information content (AvgIpc) is 2.02. The van der Waals surface area contributed by atoms with Crippen LogP contribution in [0.25, 0.3) is 0 Å². The molecule has 0 aliphatic rings. The van der Waals surface area contributed by atoms with Crippen molar-refractivity contribution in [3.63, 3.8) is 0 Å². The fourth-order valence-corrected chi connectivity index (χ4v) is 1.15. The van der Waals surface area contributed by atoms with Gasteiger partial charge in [-0.15, -0.1) is 0 Å². The topological polar surface area (TPSA) is 49.4 Å². The summed E-state index contributed by atoms with van der Waals surface area (Å²) in [5, 5.41) is 0. The molecule has 0 aromatic heterocycles. The Morgan fingerprint density at radius 3 is 2.36 bits per heavy atom. The van der Waals surface area contributed by atoms with E-state index in [1.807, 2.05) is 0 Å². The Bertz CT molecular complexity index is 376. The zero-order chi connectivity index (χ0) is 9.90. The molecule has 3 nitrogen and oxygen atoms in total. The summed E-state index contributed by atoms with van der Waals surface area (Å²) in [4.78, 5) is 0. The Labute approximate surface area is 109 Å². The van der Waals surface area contributed by atoms with Crippen molar-refractivity contribution in [1.82, 2.24) is 0 Å². The molecular formula is C7H6FNaO3S2. The first-order chi connectivity index (χ1) is 5.97. The molecule has 0 spiro atoms. The van der Waals surface area contributed by atoms with Crippen molar-refractivity contribution in [2.24, 2.45) is 0 Å². The molecule has 0 bridgehead atoms. The third-order valence-corrected chi connectivity index (χ3v) is 1.98. The van der Waals surface area contributed by atoms with Gasteiger partial charge in [0.15, 0.2) is 0 Å². The van der Waals surface area contributed by atoms with Crippen molar-refractivity contribution in [3.8, 4) is 0 Å². The van der Waals surface area contributed by atoms with Gasteiger partial charge in [-0.2, -0.15) is 0 Å². The van der Waals surface area contributed by atoms with Gasteiger partial charge >= 0.3 is 29.6 Å². The maximum absolute atomic E-state index is 12.4. The Kier molecular flexibility index (Phi) is 6.31. The molecule has 0 saturated heterocycles. The summed E-state index contributed by atoms with van der Waals surface area (Å²) < 4.78 is 37.5. The van der Waals surface area contributed by atoms with E-state index in [4.69, 9.17) is 0 Å². The Balaban J connectivity index is 0.00000169. The van der Waals surface area contributed by atoms with Crippen molar-refractivity contribution in [3.05, 3.63) is 35.6 Å². The van der Waals surface area contributed by atoms with Crippen molar-refractivity contribution in [2.45, 2.75) is 6.61 Å². The molecule has 0 fully saturated rings. The standard InChI is InChI=1S/C7H7FO3S2.Na/c8-7-3-1-6(2-4-7)5-11-13(9,10)12;/h1-4H,5H2,(H,9,10,12);/q;+1/p-1. The van der Waals surface area contributed by atoms with E-state index in [1.165, 1.54) is 24.3 Å². The van der Waals surface area contributed by atoms with Gasteiger partial charge in [-0.25, -0.2) is 8.60 Å². The summed E-state index contributed by atoms with van der Waals surface area (Å²) in [6.45, 7) is -0.161. The van der Waals surface area contributed by atoms with Crippen LogP contribution < -0.4 is 29.6 Å². The van der Waals surface area contributed by atoms with Crippen LogP contribution in [0.5, 0.6) is 0 Å². The minimum absolute atomic E-state index is 0. The maximum atomic E-state index is 12.4. The minimum atomic E-state index is -3.84. The molecule has 0 heterocycles. The number of benzene rings is 1. The molecule has 0 saturated carbocycles. The van der Waals surface area contributed by atoms with Crippen LogP contribution in [0.15, 0.2) is 24.3 Å². The molecule has 1 aromatic rings. The van der Waals surface area contributed by atoms with Crippen LogP contribution in [0, 0.1) is 5.82 Å². The maximum Gasteiger partial charge on any atom is 1.00 e. The van der Waals surface area contributed by atoms with Gasteiger partial charge < -0.3 is 4.55 Å². The summed E-state index contributed by atoms with van der Waals surface area (Å²) in [7, 11) is -3.84. The number of hydrogen-bond acceptors (Lipinski definition) is 4. The first-order valence-corrected chi connectivity index (χ1v) is 5.65. The fraction of sp³-hybridized carbons (Fsp3) is 0.143. The van der Waals surface area contributed by atoms with Gasteiger partial charge in [0.2, 0.25) is 0 Å². The first kappa shape index (κ1) is 14.4. The molecule has 1 atom stereocenters. The smallest absolute Gasteiger partial charge is 0.748 e. The first-order valence-electron chi connectivity index (χ1n) is 3.32. The summed E-state index contributed by atoms with van der Waals surface area (Å²) in [5.41, 5.74) is 0.551. The van der Waals surface area contributed by atoms with E-state index in [1.54, 1.807) is 0 Å². The number of hydrogen-bond donors (Lipinski definition) is 0. The summed E-state index contributed by atoms with van der Waals surface area (Å²) >= 11 is 3.99. The van der Waals surface area contributed by atoms with Crippen molar-refractivity contribution < 1.29 is 46.9 Å². The zero-order valence-corrected chi connectivity index (χ0v) is 11.1. The zero-order valence-electron chi connectivity index (χ0n) is 7.44. The molecule has 0 N–H and O–H groups in total. The van der Waals surface area contributed by atoms with E-state index >= 15 is 0 Å². The third-order valence-electron chi connectivity index (χ3n) is 1.28. The van der Waals surface area contributed by atoms with Crippen LogP contribution >= 0.6 is 0 Å². The van der Waals surface area contributed by atoms with Gasteiger partial charge in [0, 0.05) is 0 Å².